The molecule has 1 nitrogen and oxygen atoms in total. The summed E-state index contributed by atoms with van der Waals surface area (Å²) in [5.74, 6) is 0. The zero-order valence-corrected chi connectivity index (χ0v) is 4.92. The fourth-order valence-electron chi connectivity index (χ4n) is 0.235. The van der Waals surface area contributed by atoms with E-state index < -0.39 is 10.4 Å². The van der Waals surface area contributed by atoms with Gasteiger partial charge in [0.1, 0.15) is 0 Å². The predicted octanol–water partition coefficient (Wildman–Crippen LogP) is 0.792. The molecule has 0 fully saturated rings. The average Bonchev–Trinajstić information content (AvgIpc) is 1.35. The van der Waals surface area contributed by atoms with Crippen molar-refractivity contribution in [2.75, 3.05) is 6.26 Å². The Balaban J connectivity index is 3.43. The molecule has 0 spiro atoms. The summed E-state index contributed by atoms with van der Waals surface area (Å²) in [6.45, 7) is 1.97. The van der Waals surface area contributed by atoms with Gasteiger partial charge in [-0.2, -0.15) is 5.37 Å². The maximum absolute atomic E-state index is 10.1. The number of hydrogen-bond donors (Lipinski definition) is 0. The maximum atomic E-state index is 10.1. The van der Waals surface area contributed by atoms with Crippen LogP contribution in [0.2, 0.25) is 0 Å². The van der Waals surface area contributed by atoms with Crippen LogP contribution in [0.4, 0.5) is 0 Å². The first kappa shape index (κ1) is 6.02. The Bertz CT molecular complexity index is 89.7. The second-order valence-corrected chi connectivity index (χ2v) is 2.40. The minimum Gasteiger partial charge on any atom is -0.462 e. The van der Waals surface area contributed by atoms with Crippen LogP contribution in [0.5, 0.6) is 0 Å². The van der Waals surface area contributed by atoms with Gasteiger partial charge in [-0.25, -0.2) is 0 Å². The summed E-state index contributed by atoms with van der Waals surface area (Å²) in [5.41, 5.74) is 0. The van der Waals surface area contributed by atoms with Crippen LogP contribution in [0, 0.1) is 0 Å². The van der Waals surface area contributed by atoms with Crippen LogP contribution in [-0.4, -0.2) is 11.6 Å². The lowest BCUT2D eigenvalue weighted by molar-refractivity contribution is 0.605. The van der Waals surface area contributed by atoms with Crippen molar-refractivity contribution in [3.63, 3.8) is 0 Å². The molecule has 0 amide bonds. The SMILES string of the molecule is CCC=[S-](C)=O. The second-order valence-electron chi connectivity index (χ2n) is 1.07. The molecule has 0 aliphatic heterocycles. The first-order valence-corrected chi connectivity index (χ1v) is 3.55. The molecular weight excluding hydrogens is 96.1 g/mol. The van der Waals surface area contributed by atoms with E-state index >= 15 is 0 Å². The molecule has 0 saturated heterocycles. The Morgan fingerprint density at radius 1 is 1.83 bits per heavy atom. The first-order chi connectivity index (χ1) is 2.77. The van der Waals surface area contributed by atoms with Crippen LogP contribution in [0.15, 0.2) is 0 Å². The van der Waals surface area contributed by atoms with Gasteiger partial charge in [-0.3, -0.25) is 10.4 Å². The van der Waals surface area contributed by atoms with E-state index in [0.29, 0.717) is 0 Å². The predicted molar refractivity (Wildman–Crippen MR) is 30.3 cm³/mol. The van der Waals surface area contributed by atoms with Gasteiger partial charge in [0.05, 0.1) is 0 Å². The summed E-state index contributed by atoms with van der Waals surface area (Å²) < 4.78 is 10.1. The number of rotatable bonds is 1. The monoisotopic (exact) mass is 105 g/mol. The molecule has 0 rings (SSSR count). The van der Waals surface area contributed by atoms with E-state index in [1.54, 1.807) is 11.6 Å². The van der Waals surface area contributed by atoms with Crippen LogP contribution in [0.25, 0.3) is 0 Å². The maximum Gasteiger partial charge on any atom is -0.0594 e. The van der Waals surface area contributed by atoms with E-state index in [0.717, 1.165) is 6.42 Å². The molecule has 0 aromatic rings. The summed E-state index contributed by atoms with van der Waals surface area (Å²) in [6, 6.07) is 0. The highest BCUT2D eigenvalue weighted by atomic mass is 32.2. The zero-order chi connectivity index (χ0) is 4.99. The third kappa shape index (κ3) is 4.02. The molecule has 0 atom stereocenters. The fourth-order valence-corrected chi connectivity index (χ4v) is 0.704. The third-order valence-corrected chi connectivity index (χ3v) is 1.20. The van der Waals surface area contributed by atoms with Gasteiger partial charge in [-0.15, -0.1) is 6.26 Å². The van der Waals surface area contributed by atoms with Gasteiger partial charge in [0.15, 0.2) is 0 Å². The quantitative estimate of drug-likeness (QED) is 0.356. The molecule has 0 aliphatic carbocycles. The molecule has 2 heteroatoms. The molecule has 0 radical (unpaired) electrons. The Kier molecular flexibility index (Phi) is 3.23. The third-order valence-electron chi connectivity index (χ3n) is 0.401. The summed E-state index contributed by atoms with van der Waals surface area (Å²) in [5, 5.41) is 1.76. The van der Waals surface area contributed by atoms with Gasteiger partial charge < -0.3 is 4.21 Å². The Morgan fingerprint density at radius 2 is 2.33 bits per heavy atom. The lowest BCUT2D eigenvalue weighted by atomic mass is 10.6. The van der Waals surface area contributed by atoms with Gasteiger partial charge in [0.25, 0.3) is 0 Å². The fraction of sp³-hybridized carbons (Fsp3) is 0.750. The van der Waals surface area contributed by atoms with Crippen LogP contribution in [0.1, 0.15) is 13.3 Å². The summed E-state index contributed by atoms with van der Waals surface area (Å²) in [6.07, 6.45) is 2.58. The molecule has 0 aliphatic rings. The van der Waals surface area contributed by atoms with Crippen LogP contribution >= 0.6 is 0 Å². The summed E-state index contributed by atoms with van der Waals surface area (Å²) in [4.78, 5) is 0. The van der Waals surface area contributed by atoms with Crippen molar-refractivity contribution in [1.82, 2.24) is 0 Å². The summed E-state index contributed by atoms with van der Waals surface area (Å²) in [7, 11) is -0.691. The van der Waals surface area contributed by atoms with Crippen molar-refractivity contribution in [2.45, 2.75) is 13.3 Å². The van der Waals surface area contributed by atoms with Gasteiger partial charge in [-0.1, -0.05) is 13.3 Å². The van der Waals surface area contributed by atoms with Crippen molar-refractivity contribution >= 4 is 15.8 Å². The minimum atomic E-state index is -0.691. The average molecular weight is 105 g/mol. The van der Waals surface area contributed by atoms with Crippen molar-refractivity contribution < 1.29 is 4.21 Å². The molecule has 0 aromatic heterocycles. The van der Waals surface area contributed by atoms with E-state index in [4.69, 9.17) is 0 Å². The van der Waals surface area contributed by atoms with Crippen molar-refractivity contribution in [3.05, 3.63) is 0 Å². The van der Waals surface area contributed by atoms with Crippen LogP contribution in [-0.2, 0) is 14.6 Å². The molecular formula is C4H9OS-. The Hall–Kier alpha value is 0.0200. The van der Waals surface area contributed by atoms with E-state index in [9.17, 15) is 4.21 Å². The molecule has 0 bridgehead atoms. The topological polar surface area (TPSA) is 17.1 Å². The lowest BCUT2D eigenvalue weighted by Crippen LogP contribution is -1.71. The van der Waals surface area contributed by atoms with Crippen molar-refractivity contribution in [2.24, 2.45) is 0 Å². The highest BCUT2D eigenvalue weighted by molar-refractivity contribution is 7.82. The van der Waals surface area contributed by atoms with Crippen LogP contribution in [0.3, 0.4) is 0 Å². The zero-order valence-electron chi connectivity index (χ0n) is 4.10. The van der Waals surface area contributed by atoms with Crippen molar-refractivity contribution in [1.29, 1.82) is 0 Å². The largest absolute Gasteiger partial charge is 0.462 e. The first-order valence-electron chi connectivity index (χ1n) is 1.93. The Labute approximate surface area is 40.4 Å². The van der Waals surface area contributed by atoms with Gasteiger partial charge in [0.2, 0.25) is 0 Å². The van der Waals surface area contributed by atoms with Crippen molar-refractivity contribution in [3.8, 4) is 0 Å². The standard InChI is InChI=1S/C4H9OS/c1-3-4-6(2)5/h4H,3H2,1-2H3/q-1. The second kappa shape index (κ2) is 3.22. The normalized spacial score (nSPS) is 15.0. The molecule has 38 valence electrons. The Morgan fingerprint density at radius 3 is 2.33 bits per heavy atom. The minimum absolute atomic E-state index is 0.691. The van der Waals surface area contributed by atoms with Gasteiger partial charge in [-0.05, 0) is 0 Å². The smallest absolute Gasteiger partial charge is 0.0594 e. The number of hydrogen-bond acceptors (Lipinski definition) is 2. The molecule has 0 unspecified atom stereocenters. The van der Waals surface area contributed by atoms with E-state index in [1.807, 2.05) is 6.92 Å². The molecule has 0 aromatic carbocycles. The van der Waals surface area contributed by atoms with E-state index in [1.165, 1.54) is 0 Å². The molecule has 0 N–H and O–H groups in total. The van der Waals surface area contributed by atoms with E-state index in [2.05, 4.69) is 0 Å². The highest BCUT2D eigenvalue weighted by Gasteiger charge is 1.49. The summed E-state index contributed by atoms with van der Waals surface area (Å²) >= 11 is 0. The highest BCUT2D eigenvalue weighted by Crippen LogP contribution is 1.62. The van der Waals surface area contributed by atoms with Gasteiger partial charge >= 0.3 is 0 Å². The molecule has 6 heavy (non-hydrogen) atoms. The molecule has 0 heterocycles. The van der Waals surface area contributed by atoms with E-state index in [-0.39, 0.29) is 0 Å². The lowest BCUT2D eigenvalue weighted by Gasteiger charge is -1.83. The van der Waals surface area contributed by atoms with Crippen LogP contribution < -0.4 is 0 Å². The molecule has 0 saturated carbocycles. The van der Waals surface area contributed by atoms with Gasteiger partial charge in [0, 0.05) is 0 Å².